The molecule has 1 saturated carbocycles. The molecule has 0 aromatic rings. The minimum atomic E-state index is -0.924. The highest BCUT2D eigenvalue weighted by Crippen LogP contribution is 2.31. The number of hydrogen-bond acceptors (Lipinski definition) is 3. The Morgan fingerprint density at radius 1 is 1.22 bits per heavy atom. The van der Waals surface area contributed by atoms with Gasteiger partial charge >= 0.3 is 11.9 Å². The predicted molar refractivity (Wildman–Crippen MR) is 62.9 cm³/mol. The smallest absolute Gasteiger partial charge is 0.307 e. The van der Waals surface area contributed by atoms with Gasteiger partial charge in [0.2, 0.25) is 5.91 Å². The second kappa shape index (κ2) is 6.37. The monoisotopic (exact) mass is 257 g/mol. The average Bonchev–Trinajstić information content (AvgIpc) is 2.77. The number of rotatable bonds is 6. The van der Waals surface area contributed by atoms with Gasteiger partial charge in [0.1, 0.15) is 0 Å². The molecule has 1 amide bonds. The van der Waals surface area contributed by atoms with Crippen LogP contribution in [0.25, 0.3) is 0 Å². The van der Waals surface area contributed by atoms with Gasteiger partial charge in [0.05, 0.1) is 17.8 Å². The van der Waals surface area contributed by atoms with E-state index in [0.717, 1.165) is 6.42 Å². The van der Waals surface area contributed by atoms with Crippen molar-refractivity contribution in [3.05, 3.63) is 0 Å². The van der Waals surface area contributed by atoms with Crippen LogP contribution in [0.2, 0.25) is 0 Å². The number of amides is 1. The molecule has 0 unspecified atom stereocenters. The molecule has 3 N–H and O–H groups in total. The average molecular weight is 257 g/mol. The van der Waals surface area contributed by atoms with Gasteiger partial charge in [-0.15, -0.1) is 0 Å². The molecule has 1 aliphatic carbocycles. The van der Waals surface area contributed by atoms with Crippen molar-refractivity contribution in [1.29, 1.82) is 0 Å². The molecule has 0 heterocycles. The number of carbonyl (C=O) groups excluding carboxylic acids is 1. The van der Waals surface area contributed by atoms with Crippen molar-refractivity contribution >= 4 is 17.8 Å². The first-order valence-electron chi connectivity index (χ1n) is 6.16. The van der Waals surface area contributed by atoms with Crippen LogP contribution in [-0.4, -0.2) is 34.6 Å². The minimum Gasteiger partial charge on any atom is -0.481 e. The first-order chi connectivity index (χ1) is 8.43. The van der Waals surface area contributed by atoms with Gasteiger partial charge in [-0.1, -0.05) is 13.3 Å². The molecule has 0 aromatic heterocycles. The summed E-state index contributed by atoms with van der Waals surface area (Å²) in [5, 5.41) is 20.3. The molecule has 0 aliphatic heterocycles. The van der Waals surface area contributed by atoms with Crippen molar-refractivity contribution in [1.82, 2.24) is 5.32 Å². The van der Waals surface area contributed by atoms with Crippen LogP contribution < -0.4 is 5.32 Å². The van der Waals surface area contributed by atoms with Crippen LogP contribution in [0.1, 0.15) is 32.6 Å². The van der Waals surface area contributed by atoms with E-state index in [-0.39, 0.29) is 12.5 Å². The number of nitrogens with one attached hydrogen (secondary N) is 1. The molecule has 3 atom stereocenters. The van der Waals surface area contributed by atoms with Crippen molar-refractivity contribution in [2.75, 3.05) is 6.54 Å². The van der Waals surface area contributed by atoms with E-state index >= 15 is 0 Å². The first-order valence-corrected chi connectivity index (χ1v) is 6.16. The quantitative estimate of drug-likeness (QED) is 0.650. The van der Waals surface area contributed by atoms with Crippen LogP contribution >= 0.6 is 0 Å². The van der Waals surface area contributed by atoms with Gasteiger partial charge < -0.3 is 15.5 Å². The van der Waals surface area contributed by atoms with Gasteiger partial charge in [-0.05, 0) is 19.3 Å². The zero-order chi connectivity index (χ0) is 13.7. The van der Waals surface area contributed by atoms with E-state index < -0.39 is 29.7 Å². The summed E-state index contributed by atoms with van der Waals surface area (Å²) in [5.74, 6) is -3.66. The highest BCUT2D eigenvalue weighted by molar-refractivity contribution is 5.85. The Labute approximate surface area is 105 Å². The van der Waals surface area contributed by atoms with Crippen LogP contribution in [0.3, 0.4) is 0 Å². The first kappa shape index (κ1) is 14.5. The fourth-order valence-corrected chi connectivity index (χ4v) is 2.24. The lowest BCUT2D eigenvalue weighted by atomic mass is 9.95. The van der Waals surface area contributed by atoms with Crippen molar-refractivity contribution < 1.29 is 24.6 Å². The zero-order valence-electron chi connectivity index (χ0n) is 10.4. The van der Waals surface area contributed by atoms with E-state index in [1.807, 2.05) is 0 Å². The van der Waals surface area contributed by atoms with Crippen LogP contribution in [0.4, 0.5) is 0 Å². The van der Waals surface area contributed by atoms with E-state index in [2.05, 4.69) is 5.32 Å². The Bertz CT molecular complexity index is 341. The van der Waals surface area contributed by atoms with Gasteiger partial charge in [-0.25, -0.2) is 0 Å². The molecular formula is C12H19NO5. The highest BCUT2D eigenvalue weighted by Gasteiger charge is 2.37. The minimum absolute atomic E-state index is 0.266. The summed E-state index contributed by atoms with van der Waals surface area (Å²) in [5.41, 5.74) is 0. The van der Waals surface area contributed by atoms with E-state index in [4.69, 9.17) is 10.2 Å². The Kier molecular flexibility index (Phi) is 5.12. The van der Waals surface area contributed by atoms with Crippen molar-refractivity contribution in [2.45, 2.75) is 32.6 Å². The van der Waals surface area contributed by atoms with Gasteiger partial charge in [0.25, 0.3) is 0 Å². The van der Waals surface area contributed by atoms with Gasteiger partial charge in [0.15, 0.2) is 0 Å². The molecule has 0 aromatic carbocycles. The summed E-state index contributed by atoms with van der Waals surface area (Å²) >= 11 is 0. The van der Waals surface area contributed by atoms with Gasteiger partial charge in [-0.2, -0.15) is 0 Å². The maximum Gasteiger partial charge on any atom is 0.307 e. The number of carboxylic acid groups (broad SMARTS) is 2. The predicted octanol–water partition coefficient (Wildman–Crippen LogP) is 0.714. The van der Waals surface area contributed by atoms with Gasteiger partial charge in [-0.3, -0.25) is 14.4 Å². The fraction of sp³-hybridized carbons (Fsp3) is 0.750. The molecule has 0 radical (unpaired) electrons. The molecule has 1 aliphatic rings. The molecule has 1 rings (SSSR count). The van der Waals surface area contributed by atoms with Crippen molar-refractivity contribution in [3.63, 3.8) is 0 Å². The molecule has 6 nitrogen and oxygen atoms in total. The summed E-state index contributed by atoms with van der Waals surface area (Å²) < 4.78 is 0. The normalized spacial score (nSPS) is 24.5. The molecule has 0 saturated heterocycles. The highest BCUT2D eigenvalue weighted by atomic mass is 16.4. The Morgan fingerprint density at radius 2 is 1.83 bits per heavy atom. The zero-order valence-corrected chi connectivity index (χ0v) is 10.4. The molecule has 18 heavy (non-hydrogen) atoms. The van der Waals surface area contributed by atoms with E-state index in [1.54, 1.807) is 6.92 Å². The third kappa shape index (κ3) is 3.72. The standard InChI is InChI=1S/C12H19NO5/c1-7(11(15)16)5-6-13-10(14)8-3-2-4-9(8)12(17)18/h7-9H,2-6H2,1H3,(H,13,14)(H,15,16)(H,17,18)/t7-,8-,9+/m1/s1. The summed E-state index contributed by atoms with van der Waals surface area (Å²) in [6.07, 6.45) is 2.24. The SMILES string of the molecule is C[C@H](CCNC(=O)[C@@H]1CCC[C@@H]1C(=O)O)C(=O)O. The number of aliphatic carboxylic acids is 2. The van der Waals surface area contributed by atoms with Crippen LogP contribution in [0.15, 0.2) is 0 Å². The molecule has 6 heteroatoms. The summed E-state index contributed by atoms with van der Waals surface area (Å²) in [4.78, 5) is 33.3. The topological polar surface area (TPSA) is 104 Å². The maximum atomic E-state index is 11.8. The fourth-order valence-electron chi connectivity index (χ4n) is 2.24. The van der Waals surface area contributed by atoms with Crippen molar-refractivity contribution in [2.24, 2.45) is 17.8 Å². The summed E-state index contributed by atoms with van der Waals surface area (Å²) in [6, 6.07) is 0. The summed E-state index contributed by atoms with van der Waals surface area (Å²) in [7, 11) is 0. The van der Waals surface area contributed by atoms with Gasteiger partial charge in [0, 0.05) is 6.54 Å². The Balaban J connectivity index is 2.37. The third-order valence-electron chi connectivity index (χ3n) is 3.47. The second-order valence-electron chi connectivity index (χ2n) is 4.80. The molecule has 0 bridgehead atoms. The van der Waals surface area contributed by atoms with E-state index in [1.165, 1.54) is 0 Å². The molecule has 0 spiro atoms. The number of carbonyl (C=O) groups is 3. The van der Waals surface area contributed by atoms with Crippen LogP contribution in [0.5, 0.6) is 0 Å². The largest absolute Gasteiger partial charge is 0.481 e. The third-order valence-corrected chi connectivity index (χ3v) is 3.47. The maximum absolute atomic E-state index is 11.8. The molecular weight excluding hydrogens is 238 g/mol. The Morgan fingerprint density at radius 3 is 2.39 bits per heavy atom. The van der Waals surface area contributed by atoms with E-state index in [9.17, 15) is 14.4 Å². The summed E-state index contributed by atoms with van der Waals surface area (Å²) in [6.45, 7) is 1.85. The lowest BCUT2D eigenvalue weighted by molar-refractivity contribution is -0.146. The number of hydrogen-bond donors (Lipinski definition) is 3. The van der Waals surface area contributed by atoms with Crippen LogP contribution in [-0.2, 0) is 14.4 Å². The Hall–Kier alpha value is -1.59. The van der Waals surface area contributed by atoms with Crippen molar-refractivity contribution in [3.8, 4) is 0 Å². The lowest BCUT2D eigenvalue weighted by Crippen LogP contribution is -2.36. The van der Waals surface area contributed by atoms with Crippen LogP contribution in [0, 0.1) is 17.8 Å². The number of carboxylic acids is 2. The lowest BCUT2D eigenvalue weighted by Gasteiger charge is -2.16. The second-order valence-corrected chi connectivity index (χ2v) is 4.80. The molecule has 102 valence electrons. The van der Waals surface area contributed by atoms with E-state index in [0.29, 0.717) is 19.3 Å². The molecule has 1 fully saturated rings.